The van der Waals surface area contributed by atoms with Gasteiger partial charge in [0, 0.05) is 29.8 Å². The molecule has 2 heterocycles. The number of amides is 2. The van der Waals surface area contributed by atoms with Crippen molar-refractivity contribution in [3.63, 3.8) is 0 Å². The van der Waals surface area contributed by atoms with E-state index in [1.807, 2.05) is 49.6 Å². The predicted molar refractivity (Wildman–Crippen MR) is 130 cm³/mol. The zero-order valence-electron chi connectivity index (χ0n) is 20.0. The zero-order chi connectivity index (χ0) is 23.8. The second-order valence-electron chi connectivity index (χ2n) is 9.56. The largest absolute Gasteiger partial charge is 0.339 e. The summed E-state index contributed by atoms with van der Waals surface area (Å²) in [5.41, 5.74) is 4.27. The zero-order valence-corrected chi connectivity index (χ0v) is 20.0. The molecule has 0 spiro atoms. The normalized spacial score (nSPS) is 16.5. The molecule has 1 unspecified atom stereocenters. The third kappa shape index (κ3) is 4.49. The van der Waals surface area contributed by atoms with E-state index in [1.165, 1.54) is 0 Å². The molecule has 8 heteroatoms. The van der Waals surface area contributed by atoms with Crippen molar-refractivity contribution < 1.29 is 9.59 Å². The summed E-state index contributed by atoms with van der Waals surface area (Å²) >= 11 is 0. The van der Waals surface area contributed by atoms with Gasteiger partial charge in [-0.3, -0.25) is 14.3 Å². The van der Waals surface area contributed by atoms with Crippen molar-refractivity contribution in [2.24, 2.45) is 17.8 Å². The van der Waals surface area contributed by atoms with E-state index in [1.54, 1.807) is 23.3 Å². The maximum absolute atomic E-state index is 13.5. The molecule has 2 saturated carbocycles. The molecule has 2 aliphatic carbocycles. The molecule has 0 saturated heterocycles. The number of carbonyl (C=O) groups excluding carboxylic acids is 2. The van der Waals surface area contributed by atoms with Crippen LogP contribution in [0, 0.1) is 31.6 Å². The number of hydrogen-bond acceptors (Lipinski definition) is 4. The Morgan fingerprint density at radius 3 is 2.29 bits per heavy atom. The number of carbonyl (C=O) groups is 2. The van der Waals surface area contributed by atoms with Gasteiger partial charge in [-0.05, 0) is 94.5 Å². The van der Waals surface area contributed by atoms with Crippen LogP contribution in [-0.4, -0.2) is 37.2 Å². The molecular formula is C26H32N6O2. The molecule has 2 amide bonds. The molecular weight excluding hydrogens is 428 g/mol. The topological polar surface area (TPSA) is 93.8 Å². The molecule has 2 aliphatic rings. The average Bonchev–Trinajstić information content (AvgIpc) is 3.77. The molecule has 0 bridgehead atoms. The average molecular weight is 461 g/mol. The van der Waals surface area contributed by atoms with Gasteiger partial charge < -0.3 is 15.2 Å². The van der Waals surface area contributed by atoms with Crippen LogP contribution in [0.4, 0.5) is 5.69 Å². The summed E-state index contributed by atoms with van der Waals surface area (Å²) in [4.78, 5) is 31.0. The first-order valence-electron chi connectivity index (χ1n) is 12.2. The van der Waals surface area contributed by atoms with Gasteiger partial charge in [0.05, 0.1) is 12.0 Å². The molecule has 2 fully saturated rings. The summed E-state index contributed by atoms with van der Waals surface area (Å²) in [7, 11) is 0. The summed E-state index contributed by atoms with van der Waals surface area (Å²) in [6.07, 6.45) is 7.95. The van der Waals surface area contributed by atoms with Crippen LogP contribution >= 0.6 is 0 Å². The van der Waals surface area contributed by atoms with Gasteiger partial charge in [-0.25, -0.2) is 4.98 Å². The molecule has 1 atom stereocenters. The lowest BCUT2D eigenvalue weighted by atomic mass is 9.88. The molecule has 2 N–H and O–H groups in total. The van der Waals surface area contributed by atoms with Gasteiger partial charge in [-0.15, -0.1) is 0 Å². The molecule has 3 aromatic rings. The Balaban J connectivity index is 1.35. The number of aromatic nitrogens is 4. The van der Waals surface area contributed by atoms with Crippen molar-refractivity contribution in [2.75, 3.05) is 5.32 Å². The Kier molecular flexibility index (Phi) is 5.98. The van der Waals surface area contributed by atoms with Crippen molar-refractivity contribution in [3.8, 4) is 5.69 Å². The summed E-state index contributed by atoms with van der Waals surface area (Å²) in [5, 5.41) is 10.3. The van der Waals surface area contributed by atoms with Crippen LogP contribution in [0.25, 0.3) is 5.69 Å². The standard InChI is InChI=1S/C26H32N6O2/c1-4-32-22(13-14-28-32)25(33)30-24(23(18-5-6-18)19-7-8-19)26(34)29-20-9-11-21(12-10-20)31-15-27-16(2)17(31)3/h9-15,18-19,23-24H,4-8H2,1-3H3,(H,29,34)(H,30,33). The summed E-state index contributed by atoms with van der Waals surface area (Å²) < 4.78 is 3.68. The van der Waals surface area contributed by atoms with E-state index < -0.39 is 6.04 Å². The predicted octanol–water partition coefficient (Wildman–Crippen LogP) is 3.88. The number of imidazole rings is 1. The first-order valence-corrected chi connectivity index (χ1v) is 12.2. The number of aryl methyl sites for hydroxylation is 2. The Morgan fingerprint density at radius 2 is 1.74 bits per heavy atom. The summed E-state index contributed by atoms with van der Waals surface area (Å²) in [6.45, 7) is 6.56. The molecule has 0 aliphatic heterocycles. The highest BCUT2D eigenvalue weighted by atomic mass is 16.2. The van der Waals surface area contributed by atoms with E-state index >= 15 is 0 Å². The molecule has 34 heavy (non-hydrogen) atoms. The second-order valence-corrected chi connectivity index (χ2v) is 9.56. The quantitative estimate of drug-likeness (QED) is 0.507. The fraction of sp³-hybridized carbons (Fsp3) is 0.462. The van der Waals surface area contributed by atoms with Gasteiger partial charge in [0.1, 0.15) is 11.7 Å². The van der Waals surface area contributed by atoms with Crippen molar-refractivity contribution >= 4 is 17.5 Å². The summed E-state index contributed by atoms with van der Waals surface area (Å²) in [6, 6.07) is 8.88. The highest BCUT2D eigenvalue weighted by Crippen LogP contribution is 2.50. The fourth-order valence-electron chi connectivity index (χ4n) is 4.91. The van der Waals surface area contributed by atoms with Crippen LogP contribution in [0.1, 0.15) is 54.5 Å². The van der Waals surface area contributed by atoms with Crippen LogP contribution in [-0.2, 0) is 11.3 Å². The van der Waals surface area contributed by atoms with Crippen LogP contribution in [0.15, 0.2) is 42.9 Å². The highest BCUT2D eigenvalue weighted by molar-refractivity contribution is 6.00. The third-order valence-corrected chi connectivity index (χ3v) is 7.20. The smallest absolute Gasteiger partial charge is 0.270 e. The third-order valence-electron chi connectivity index (χ3n) is 7.20. The Morgan fingerprint density at radius 1 is 1.06 bits per heavy atom. The SMILES string of the molecule is CCn1nccc1C(=O)NC(C(=O)Nc1ccc(-n2cnc(C)c2C)cc1)C(C1CC1)C1CC1. The van der Waals surface area contributed by atoms with Crippen LogP contribution in [0.3, 0.4) is 0 Å². The molecule has 178 valence electrons. The Labute approximate surface area is 199 Å². The van der Waals surface area contributed by atoms with E-state index in [9.17, 15) is 9.59 Å². The van der Waals surface area contributed by atoms with Crippen molar-refractivity contribution in [3.05, 3.63) is 59.9 Å². The van der Waals surface area contributed by atoms with Crippen LogP contribution in [0.5, 0.6) is 0 Å². The lowest BCUT2D eigenvalue weighted by Gasteiger charge is -2.27. The minimum atomic E-state index is -0.564. The number of nitrogens with zero attached hydrogens (tertiary/aromatic N) is 4. The molecule has 0 radical (unpaired) electrons. The van der Waals surface area contributed by atoms with Crippen molar-refractivity contribution in [1.82, 2.24) is 24.6 Å². The first-order chi connectivity index (χ1) is 16.5. The van der Waals surface area contributed by atoms with E-state index in [0.717, 1.165) is 42.8 Å². The fourth-order valence-corrected chi connectivity index (χ4v) is 4.91. The van der Waals surface area contributed by atoms with E-state index in [-0.39, 0.29) is 17.7 Å². The Hall–Kier alpha value is -3.42. The maximum atomic E-state index is 13.5. The van der Waals surface area contributed by atoms with Gasteiger partial charge in [-0.1, -0.05) is 0 Å². The first kappa shape index (κ1) is 22.4. The minimum absolute atomic E-state index is 0.151. The van der Waals surface area contributed by atoms with Gasteiger partial charge in [0.2, 0.25) is 5.91 Å². The number of benzene rings is 1. The molecule has 1 aromatic carbocycles. The van der Waals surface area contributed by atoms with Gasteiger partial charge >= 0.3 is 0 Å². The van der Waals surface area contributed by atoms with Crippen molar-refractivity contribution in [2.45, 2.75) is 59.0 Å². The van der Waals surface area contributed by atoms with E-state index in [2.05, 4.69) is 20.7 Å². The Bertz CT molecular complexity index is 1170. The maximum Gasteiger partial charge on any atom is 0.270 e. The summed E-state index contributed by atoms with van der Waals surface area (Å²) in [5.74, 6) is 0.802. The van der Waals surface area contributed by atoms with Crippen LogP contribution < -0.4 is 10.6 Å². The molecule has 2 aromatic heterocycles. The number of hydrogen-bond donors (Lipinski definition) is 2. The number of anilines is 1. The highest BCUT2D eigenvalue weighted by Gasteiger charge is 2.48. The lowest BCUT2D eigenvalue weighted by Crippen LogP contribution is -2.50. The number of rotatable bonds is 9. The monoisotopic (exact) mass is 460 g/mol. The van der Waals surface area contributed by atoms with E-state index in [0.29, 0.717) is 29.8 Å². The van der Waals surface area contributed by atoms with E-state index in [4.69, 9.17) is 0 Å². The van der Waals surface area contributed by atoms with Gasteiger partial charge in [0.15, 0.2) is 0 Å². The lowest BCUT2D eigenvalue weighted by molar-refractivity contribution is -0.119. The van der Waals surface area contributed by atoms with Crippen LogP contribution in [0.2, 0.25) is 0 Å². The second kappa shape index (κ2) is 9.08. The van der Waals surface area contributed by atoms with Crippen molar-refractivity contribution in [1.29, 1.82) is 0 Å². The minimum Gasteiger partial charge on any atom is -0.339 e. The number of nitrogens with one attached hydrogen (secondary N) is 2. The molecule has 5 rings (SSSR count). The van der Waals surface area contributed by atoms with Gasteiger partial charge in [-0.2, -0.15) is 5.10 Å². The molecule has 8 nitrogen and oxygen atoms in total. The van der Waals surface area contributed by atoms with Gasteiger partial charge in [0.25, 0.3) is 5.91 Å².